The van der Waals surface area contributed by atoms with Crippen molar-refractivity contribution in [3.63, 3.8) is 0 Å². The Labute approximate surface area is 229 Å². The number of aliphatic hydroxyl groups is 1. The van der Waals surface area contributed by atoms with Crippen molar-refractivity contribution in [2.45, 2.75) is 113 Å². The summed E-state index contributed by atoms with van der Waals surface area (Å²) < 4.78 is 26.6. The number of benzene rings is 1. The largest absolute Gasteiger partial charge is 0.540 e. The summed E-state index contributed by atoms with van der Waals surface area (Å²) >= 11 is 0. The fourth-order valence-electron chi connectivity index (χ4n) is 9.57. The lowest BCUT2D eigenvalue weighted by Gasteiger charge is -2.64. The summed E-state index contributed by atoms with van der Waals surface area (Å²) in [5, 5.41) is 12.8. The molecule has 2 aliphatic carbocycles. The van der Waals surface area contributed by atoms with Crippen molar-refractivity contribution in [3.05, 3.63) is 35.9 Å². The van der Waals surface area contributed by atoms with Crippen LogP contribution in [-0.2, 0) is 21.3 Å². The molecule has 2 unspecified atom stereocenters. The minimum absolute atomic E-state index is 0.0485. The Hall–Kier alpha value is -1.38. The Bertz CT molecular complexity index is 1060. The molecule has 2 bridgehead atoms. The maximum absolute atomic E-state index is 12.8. The Morgan fingerprint density at radius 1 is 1.11 bits per heavy atom. The fourth-order valence-corrected chi connectivity index (χ4v) is 14.8. The van der Waals surface area contributed by atoms with Gasteiger partial charge in [0.15, 0.2) is 12.0 Å². The Kier molecular flexibility index (Phi) is 6.59. The maximum atomic E-state index is 12.8. The van der Waals surface area contributed by atoms with Crippen molar-refractivity contribution >= 4 is 8.32 Å². The molecular formula is C31H47NO5Si. The number of piperidine rings is 1. The summed E-state index contributed by atoms with van der Waals surface area (Å²) in [5.41, 5.74) is 2.57. The van der Waals surface area contributed by atoms with Gasteiger partial charge in [-0.2, -0.15) is 0 Å². The molecule has 1 aromatic carbocycles. The number of hydrogen-bond acceptors (Lipinski definition) is 6. The highest BCUT2D eigenvalue weighted by Gasteiger charge is 2.73. The minimum atomic E-state index is -2.20. The van der Waals surface area contributed by atoms with Gasteiger partial charge in [-0.15, -0.1) is 6.58 Å². The Balaban J connectivity index is 1.52. The van der Waals surface area contributed by atoms with Crippen molar-refractivity contribution in [1.29, 1.82) is 0 Å². The molecule has 38 heavy (non-hydrogen) atoms. The van der Waals surface area contributed by atoms with Gasteiger partial charge in [-0.1, -0.05) is 53.7 Å². The zero-order chi connectivity index (χ0) is 27.0. The smallest absolute Gasteiger partial charge is 0.258 e. The number of rotatable bonds is 8. The van der Waals surface area contributed by atoms with Crippen LogP contribution in [0, 0.1) is 5.92 Å². The quantitative estimate of drug-likeness (QED) is 0.343. The summed E-state index contributed by atoms with van der Waals surface area (Å²) in [5.74, 6) is 1.86. The van der Waals surface area contributed by atoms with Crippen molar-refractivity contribution in [1.82, 2.24) is 4.90 Å². The normalized spacial score (nSPS) is 34.6. The molecule has 0 aromatic heterocycles. The van der Waals surface area contributed by atoms with Crippen LogP contribution in [0.4, 0.5) is 0 Å². The van der Waals surface area contributed by atoms with Gasteiger partial charge in [-0.25, -0.2) is 0 Å². The van der Waals surface area contributed by atoms with Crippen molar-refractivity contribution in [2.75, 3.05) is 26.3 Å². The van der Waals surface area contributed by atoms with E-state index in [2.05, 4.69) is 65.2 Å². The van der Waals surface area contributed by atoms with E-state index in [0.29, 0.717) is 29.8 Å². The summed E-state index contributed by atoms with van der Waals surface area (Å²) in [7, 11) is -2.20. The van der Waals surface area contributed by atoms with Gasteiger partial charge in [0.25, 0.3) is 8.32 Å². The molecule has 5 aliphatic rings. The molecule has 0 radical (unpaired) electrons. The van der Waals surface area contributed by atoms with E-state index in [1.54, 1.807) is 0 Å². The van der Waals surface area contributed by atoms with Crippen molar-refractivity contribution in [2.24, 2.45) is 5.92 Å². The van der Waals surface area contributed by atoms with E-state index in [4.69, 9.17) is 18.6 Å². The molecule has 3 fully saturated rings. The summed E-state index contributed by atoms with van der Waals surface area (Å²) in [6.07, 6.45) is 4.74. The first-order valence-electron chi connectivity index (χ1n) is 14.9. The maximum Gasteiger partial charge on any atom is 0.258 e. The topological polar surface area (TPSA) is 60.4 Å². The summed E-state index contributed by atoms with van der Waals surface area (Å²) in [4.78, 5) is 2.44. The number of hydrogen-bond donors (Lipinski definition) is 1. The van der Waals surface area contributed by atoms with E-state index in [1.807, 2.05) is 6.08 Å². The van der Waals surface area contributed by atoms with Crippen molar-refractivity contribution in [3.8, 4) is 11.5 Å². The van der Waals surface area contributed by atoms with Gasteiger partial charge < -0.3 is 23.7 Å². The van der Waals surface area contributed by atoms with Gasteiger partial charge in [0.2, 0.25) is 0 Å². The Morgan fingerprint density at radius 2 is 1.79 bits per heavy atom. The molecule has 6 rings (SSSR count). The van der Waals surface area contributed by atoms with Crippen LogP contribution in [0.5, 0.6) is 11.5 Å². The predicted molar refractivity (Wildman–Crippen MR) is 151 cm³/mol. The molecule has 210 valence electrons. The van der Waals surface area contributed by atoms with Gasteiger partial charge in [0.05, 0.1) is 24.2 Å². The highest BCUT2D eigenvalue weighted by molar-refractivity contribution is 6.78. The first kappa shape index (κ1) is 26.8. The summed E-state index contributed by atoms with van der Waals surface area (Å²) in [6.45, 7) is 20.9. The second-order valence-corrected chi connectivity index (χ2v) is 18.7. The standard InChI is InChI=1S/C31H47NO5Si/c1-8-14-32-15-13-30-26-22-9-10-24(37-38(19(2)3,20(4)5)21(6)7)27(26)36-28(30)23(29-34-16-17-35-29)11-12-31(30,33)25(32)18-22/h8-10,19-21,23,25,28-29,33H,1,11-18H2,2-7H3/t23?,25-,28+,30+,31?/m1/s1. The van der Waals surface area contributed by atoms with E-state index >= 15 is 0 Å². The molecule has 3 aliphatic heterocycles. The van der Waals surface area contributed by atoms with Crippen molar-refractivity contribution < 1.29 is 23.7 Å². The van der Waals surface area contributed by atoms with E-state index in [1.165, 1.54) is 11.1 Å². The molecule has 2 saturated heterocycles. The van der Waals surface area contributed by atoms with Gasteiger partial charge in [0, 0.05) is 24.1 Å². The van der Waals surface area contributed by atoms with Gasteiger partial charge in [0.1, 0.15) is 11.9 Å². The first-order valence-corrected chi connectivity index (χ1v) is 17.1. The molecule has 0 amide bonds. The van der Waals surface area contributed by atoms with Crippen LogP contribution in [0.3, 0.4) is 0 Å². The molecule has 3 heterocycles. The SMILES string of the molecule is C=CCN1CC[C@]23c4c5ccc(O[Si](C(C)C)(C(C)C)C(C)C)c4O[C@H]2C(C2OCCO2)CCC3(O)[C@H]1C5. The molecule has 6 nitrogen and oxygen atoms in total. The number of ether oxygens (including phenoxy) is 3. The van der Waals surface area contributed by atoms with Crippen LogP contribution in [0.2, 0.25) is 16.6 Å². The van der Waals surface area contributed by atoms with Gasteiger partial charge in [-0.05, 0) is 60.5 Å². The van der Waals surface area contributed by atoms with Gasteiger partial charge >= 0.3 is 0 Å². The lowest BCUT2D eigenvalue weighted by molar-refractivity contribution is -0.222. The third kappa shape index (κ3) is 3.38. The zero-order valence-corrected chi connectivity index (χ0v) is 25.2. The molecule has 1 N–H and O–H groups in total. The molecule has 7 heteroatoms. The van der Waals surface area contributed by atoms with Crippen LogP contribution in [-0.4, -0.2) is 68.7 Å². The molecular weight excluding hydrogens is 494 g/mol. The van der Waals surface area contributed by atoms with Crippen LogP contribution >= 0.6 is 0 Å². The van der Waals surface area contributed by atoms with Crippen LogP contribution < -0.4 is 9.16 Å². The van der Waals surface area contributed by atoms with Crippen LogP contribution in [0.25, 0.3) is 0 Å². The number of likely N-dealkylation sites (tertiary alicyclic amines) is 1. The average molecular weight is 542 g/mol. The molecule has 1 aromatic rings. The lowest BCUT2D eigenvalue weighted by Crippen LogP contribution is -2.76. The summed E-state index contributed by atoms with van der Waals surface area (Å²) in [6, 6.07) is 4.50. The monoisotopic (exact) mass is 541 g/mol. The molecule has 1 spiro atoms. The van der Waals surface area contributed by atoms with E-state index in [0.717, 1.165) is 50.3 Å². The first-order chi connectivity index (χ1) is 18.1. The Morgan fingerprint density at radius 3 is 2.42 bits per heavy atom. The van der Waals surface area contributed by atoms with Crippen LogP contribution in [0.15, 0.2) is 24.8 Å². The lowest BCUT2D eigenvalue weighted by atomic mass is 9.47. The third-order valence-corrected chi connectivity index (χ3v) is 16.9. The van der Waals surface area contributed by atoms with E-state index in [-0.39, 0.29) is 24.4 Å². The van der Waals surface area contributed by atoms with Gasteiger partial charge in [-0.3, -0.25) is 4.90 Å². The minimum Gasteiger partial charge on any atom is -0.540 e. The zero-order valence-electron chi connectivity index (χ0n) is 24.2. The average Bonchev–Trinajstić information content (AvgIpc) is 3.50. The molecule has 5 atom stereocenters. The predicted octanol–water partition coefficient (Wildman–Crippen LogP) is 5.57. The van der Waals surface area contributed by atoms with Crippen LogP contribution in [0.1, 0.15) is 71.9 Å². The second-order valence-electron chi connectivity index (χ2n) is 13.3. The van der Waals surface area contributed by atoms with E-state index < -0.39 is 19.3 Å². The number of nitrogens with zero attached hydrogens (tertiary/aromatic N) is 1. The molecule has 1 saturated carbocycles. The fraction of sp³-hybridized carbons (Fsp3) is 0.742. The highest BCUT2D eigenvalue weighted by Crippen LogP contribution is 2.67. The van der Waals surface area contributed by atoms with E-state index in [9.17, 15) is 5.11 Å². The second kappa shape index (κ2) is 9.34. The highest BCUT2D eigenvalue weighted by atomic mass is 28.4. The third-order valence-electron chi connectivity index (χ3n) is 11.0.